The van der Waals surface area contributed by atoms with Crippen LogP contribution in [0.2, 0.25) is 0 Å². The fourth-order valence-electron chi connectivity index (χ4n) is 5.29. The van der Waals surface area contributed by atoms with Crippen LogP contribution in [-0.4, -0.2) is 46.9 Å². The van der Waals surface area contributed by atoms with Crippen LogP contribution in [0.1, 0.15) is 89.9 Å². The molecule has 0 saturated carbocycles. The normalized spacial score (nSPS) is 13.3. The number of hydrogen-bond acceptors (Lipinski definition) is 14. The lowest BCUT2D eigenvalue weighted by atomic mass is 10.1. The summed E-state index contributed by atoms with van der Waals surface area (Å²) in [4.78, 5) is 84.8. The van der Waals surface area contributed by atoms with E-state index in [4.69, 9.17) is 18.9 Å². The van der Waals surface area contributed by atoms with Crippen molar-refractivity contribution in [2.24, 2.45) is 0 Å². The number of rotatable bonds is 9. The topological polar surface area (TPSA) is 195 Å². The molecule has 2 aliphatic rings. The number of carbonyl (C=O) groups excluding carboxylic acids is 7. The van der Waals surface area contributed by atoms with E-state index < -0.39 is 48.1 Å². The van der Waals surface area contributed by atoms with E-state index in [-0.39, 0.29) is 56.2 Å². The van der Waals surface area contributed by atoms with E-state index in [1.165, 1.54) is 103 Å². The standard InChI is InChI=1S/C39H22O14/c1-19-16-26(50-32(40)20-2-8-24(9-3-20)48-34(42)22-6-13-27-29(17-22)38(46)52-36(27)44)12-15-31(19)51-33(41)21-4-10-25(11-5-21)49-35(43)23-7-14-28-30(18-23)39(47)53-37(28)45/h2-18,33,41H,1H3. The molecule has 14 nitrogen and oxygen atoms in total. The van der Waals surface area contributed by atoms with Crippen LogP contribution < -0.4 is 18.9 Å². The molecule has 0 radical (unpaired) electrons. The third kappa shape index (κ3) is 6.97. The van der Waals surface area contributed by atoms with Gasteiger partial charge in [0.2, 0.25) is 6.29 Å². The quantitative estimate of drug-likeness (QED) is 0.0889. The Morgan fingerprint density at radius 3 is 1.43 bits per heavy atom. The summed E-state index contributed by atoms with van der Waals surface area (Å²) in [6.07, 6.45) is -1.41. The Bertz CT molecular complexity index is 2390. The monoisotopic (exact) mass is 714 g/mol. The maximum Gasteiger partial charge on any atom is 0.346 e. The van der Waals surface area contributed by atoms with E-state index in [0.29, 0.717) is 16.9 Å². The molecule has 0 aromatic heterocycles. The minimum atomic E-state index is -1.41. The number of aliphatic hydroxyl groups excluding tert-OH is 1. The van der Waals surface area contributed by atoms with Gasteiger partial charge in [-0.05, 0) is 116 Å². The molecule has 262 valence electrons. The van der Waals surface area contributed by atoms with Crippen molar-refractivity contribution < 1.29 is 67.1 Å². The van der Waals surface area contributed by atoms with Crippen molar-refractivity contribution in [1.82, 2.24) is 0 Å². The van der Waals surface area contributed by atoms with Gasteiger partial charge in [-0.2, -0.15) is 0 Å². The number of aryl methyl sites for hydroxylation is 1. The molecule has 0 amide bonds. The summed E-state index contributed by atoms with van der Waals surface area (Å²) in [5.74, 6) is -4.80. The third-order valence-electron chi connectivity index (χ3n) is 8.03. The molecule has 1 atom stereocenters. The molecule has 0 saturated heterocycles. The summed E-state index contributed by atoms with van der Waals surface area (Å²) in [5, 5.41) is 10.7. The number of fused-ring (bicyclic) bond motifs is 2. The van der Waals surface area contributed by atoms with Crippen molar-refractivity contribution >= 4 is 41.8 Å². The van der Waals surface area contributed by atoms with Crippen molar-refractivity contribution in [2.45, 2.75) is 13.2 Å². The summed E-state index contributed by atoms with van der Waals surface area (Å²) in [7, 11) is 0. The van der Waals surface area contributed by atoms with Gasteiger partial charge in [-0.25, -0.2) is 33.6 Å². The second-order valence-electron chi connectivity index (χ2n) is 11.5. The summed E-state index contributed by atoms with van der Waals surface area (Å²) < 4.78 is 30.9. The van der Waals surface area contributed by atoms with Gasteiger partial charge in [-0.1, -0.05) is 0 Å². The Morgan fingerprint density at radius 2 is 0.925 bits per heavy atom. The van der Waals surface area contributed by atoms with Crippen molar-refractivity contribution in [3.63, 3.8) is 0 Å². The van der Waals surface area contributed by atoms with Gasteiger partial charge in [0, 0.05) is 5.56 Å². The van der Waals surface area contributed by atoms with Gasteiger partial charge in [0.1, 0.15) is 23.0 Å². The smallest absolute Gasteiger partial charge is 0.346 e. The summed E-state index contributed by atoms with van der Waals surface area (Å²) in [6.45, 7) is 1.68. The molecular weight excluding hydrogens is 692 g/mol. The Balaban J connectivity index is 0.919. The molecule has 1 N–H and O–H groups in total. The van der Waals surface area contributed by atoms with Crippen LogP contribution in [0.15, 0.2) is 103 Å². The molecule has 2 aliphatic heterocycles. The van der Waals surface area contributed by atoms with Gasteiger partial charge >= 0.3 is 41.8 Å². The average molecular weight is 715 g/mol. The molecule has 1 unspecified atom stereocenters. The summed E-state index contributed by atoms with van der Waals surface area (Å²) in [5.41, 5.74) is 1.14. The second kappa shape index (κ2) is 13.7. The Labute approximate surface area is 298 Å². The minimum absolute atomic E-state index is 0.0239. The first-order chi connectivity index (χ1) is 25.4. The van der Waals surface area contributed by atoms with E-state index in [2.05, 4.69) is 9.47 Å². The second-order valence-corrected chi connectivity index (χ2v) is 11.5. The van der Waals surface area contributed by atoms with Gasteiger partial charge < -0.3 is 33.5 Å². The van der Waals surface area contributed by atoms with Gasteiger partial charge in [0.15, 0.2) is 0 Å². The molecule has 5 aromatic carbocycles. The highest BCUT2D eigenvalue weighted by Crippen LogP contribution is 2.29. The molecule has 14 heteroatoms. The van der Waals surface area contributed by atoms with E-state index in [1.807, 2.05) is 0 Å². The molecular formula is C39H22O14. The highest BCUT2D eigenvalue weighted by Gasteiger charge is 2.32. The largest absolute Gasteiger partial charge is 0.461 e. The molecule has 5 aromatic rings. The summed E-state index contributed by atoms with van der Waals surface area (Å²) >= 11 is 0. The first-order valence-corrected chi connectivity index (χ1v) is 15.6. The highest BCUT2D eigenvalue weighted by molar-refractivity contribution is 6.16. The molecule has 0 aliphatic carbocycles. The van der Waals surface area contributed by atoms with Crippen LogP contribution in [-0.2, 0) is 9.47 Å². The number of hydrogen-bond donors (Lipinski definition) is 1. The number of ether oxygens (including phenoxy) is 6. The van der Waals surface area contributed by atoms with E-state index in [0.717, 1.165) is 0 Å². The number of carbonyl (C=O) groups is 7. The number of cyclic esters (lactones) is 4. The zero-order valence-corrected chi connectivity index (χ0v) is 27.1. The molecule has 53 heavy (non-hydrogen) atoms. The van der Waals surface area contributed by atoms with Crippen molar-refractivity contribution in [2.75, 3.05) is 0 Å². The van der Waals surface area contributed by atoms with Crippen molar-refractivity contribution in [3.05, 3.63) is 153 Å². The zero-order valence-electron chi connectivity index (χ0n) is 27.1. The average Bonchev–Trinajstić information content (AvgIpc) is 3.60. The third-order valence-corrected chi connectivity index (χ3v) is 8.03. The van der Waals surface area contributed by atoms with E-state index >= 15 is 0 Å². The van der Waals surface area contributed by atoms with Crippen LogP contribution in [0, 0.1) is 6.92 Å². The van der Waals surface area contributed by atoms with Crippen LogP contribution >= 0.6 is 0 Å². The minimum Gasteiger partial charge on any atom is -0.461 e. The van der Waals surface area contributed by atoms with Crippen LogP contribution in [0.4, 0.5) is 0 Å². The molecule has 0 spiro atoms. The fourth-order valence-corrected chi connectivity index (χ4v) is 5.29. The maximum absolute atomic E-state index is 12.8. The SMILES string of the molecule is Cc1cc(OC(=O)c2ccc(OC(=O)c3ccc4c(c3)C(=O)OC4=O)cc2)ccc1OC(O)c1ccc(OC(=O)c2ccc3c(c2)C(=O)OC3=O)cc1. The lowest BCUT2D eigenvalue weighted by Gasteiger charge is -2.16. The van der Waals surface area contributed by atoms with Gasteiger partial charge in [0.05, 0.1) is 38.9 Å². The van der Waals surface area contributed by atoms with Gasteiger partial charge in [-0.15, -0.1) is 0 Å². The zero-order chi connectivity index (χ0) is 37.4. The number of aliphatic hydroxyl groups is 1. The highest BCUT2D eigenvalue weighted by atomic mass is 16.6. The molecule has 2 heterocycles. The summed E-state index contributed by atoms with van der Waals surface area (Å²) in [6, 6.07) is 23.6. The van der Waals surface area contributed by atoms with Crippen molar-refractivity contribution in [1.29, 1.82) is 0 Å². The van der Waals surface area contributed by atoms with E-state index in [9.17, 15) is 38.7 Å². The number of esters is 7. The molecule has 0 bridgehead atoms. The first kappa shape index (κ1) is 34.0. The Hall–Kier alpha value is -7.45. The van der Waals surface area contributed by atoms with Crippen LogP contribution in [0.25, 0.3) is 0 Å². The first-order valence-electron chi connectivity index (χ1n) is 15.6. The maximum atomic E-state index is 12.8. The lowest BCUT2D eigenvalue weighted by Crippen LogP contribution is -2.11. The molecule has 7 rings (SSSR count). The Morgan fingerprint density at radius 1 is 0.509 bits per heavy atom. The van der Waals surface area contributed by atoms with Crippen LogP contribution in [0.5, 0.6) is 23.0 Å². The number of benzene rings is 5. The Kier molecular flexibility index (Phi) is 8.79. The predicted octanol–water partition coefficient (Wildman–Crippen LogP) is 5.34. The van der Waals surface area contributed by atoms with Crippen molar-refractivity contribution in [3.8, 4) is 23.0 Å². The molecule has 0 fully saturated rings. The van der Waals surface area contributed by atoms with Gasteiger partial charge in [-0.3, -0.25) is 0 Å². The fraction of sp³-hybridized carbons (Fsp3) is 0.0513. The lowest BCUT2D eigenvalue weighted by molar-refractivity contribution is -0.0200. The van der Waals surface area contributed by atoms with Gasteiger partial charge in [0.25, 0.3) is 0 Å². The van der Waals surface area contributed by atoms with E-state index in [1.54, 1.807) is 6.92 Å². The predicted molar refractivity (Wildman–Crippen MR) is 177 cm³/mol. The van der Waals surface area contributed by atoms with Crippen LogP contribution in [0.3, 0.4) is 0 Å².